The number of pyridine rings is 1. The van der Waals surface area contributed by atoms with Crippen LogP contribution in [-0.4, -0.2) is 10.9 Å². The Morgan fingerprint density at radius 3 is 3.27 bits per heavy atom. The molecule has 0 atom stereocenters. The number of carbonyl (C=O) groups excluding carboxylic acids is 1. The van der Waals surface area contributed by atoms with Crippen LogP contribution in [0.3, 0.4) is 0 Å². The van der Waals surface area contributed by atoms with Crippen molar-refractivity contribution in [3.05, 3.63) is 28.0 Å². The van der Waals surface area contributed by atoms with Crippen molar-refractivity contribution in [3.8, 4) is 0 Å². The second-order valence-electron chi connectivity index (χ2n) is 2.34. The molecule has 0 aliphatic carbocycles. The maximum absolute atomic E-state index is 11.0. The molecular formula is C7H5BrN2O. The number of rotatable bonds is 0. The zero-order chi connectivity index (χ0) is 7.84. The van der Waals surface area contributed by atoms with Crippen LogP contribution in [0.4, 0.5) is 0 Å². The lowest BCUT2D eigenvalue weighted by Gasteiger charge is -1.93. The first-order valence-electron chi connectivity index (χ1n) is 3.20. The van der Waals surface area contributed by atoms with Crippen molar-refractivity contribution >= 4 is 21.8 Å². The number of halogens is 1. The third-order valence-corrected chi connectivity index (χ3v) is 2.02. The minimum absolute atomic E-state index is 0.0764. The van der Waals surface area contributed by atoms with E-state index in [0.29, 0.717) is 12.2 Å². The van der Waals surface area contributed by atoms with Crippen molar-refractivity contribution in [2.75, 3.05) is 0 Å². The summed E-state index contributed by atoms with van der Waals surface area (Å²) in [6.07, 6.45) is 1.63. The average Bonchev–Trinajstić information content (AvgIpc) is 2.32. The van der Waals surface area contributed by atoms with E-state index in [1.165, 1.54) is 0 Å². The largest absolute Gasteiger partial charge is 0.347 e. The van der Waals surface area contributed by atoms with Gasteiger partial charge in [0.25, 0.3) is 5.91 Å². The molecule has 4 heteroatoms. The summed E-state index contributed by atoms with van der Waals surface area (Å²) in [5.74, 6) is -0.0764. The predicted octanol–water partition coefficient (Wildman–Crippen LogP) is 1.09. The SMILES string of the molecule is O=C1NCc2cc(Br)cnc21. The average molecular weight is 213 g/mol. The zero-order valence-electron chi connectivity index (χ0n) is 5.60. The lowest BCUT2D eigenvalue weighted by atomic mass is 10.2. The number of nitrogens with one attached hydrogen (secondary N) is 1. The Hall–Kier alpha value is -0.900. The van der Waals surface area contributed by atoms with Gasteiger partial charge in [0.1, 0.15) is 5.69 Å². The summed E-state index contributed by atoms with van der Waals surface area (Å²) >= 11 is 3.28. The van der Waals surface area contributed by atoms with E-state index in [4.69, 9.17) is 0 Å². The molecule has 0 saturated heterocycles. The van der Waals surface area contributed by atoms with E-state index < -0.39 is 0 Å². The van der Waals surface area contributed by atoms with Crippen LogP contribution >= 0.6 is 15.9 Å². The summed E-state index contributed by atoms with van der Waals surface area (Å²) in [6, 6.07) is 1.90. The number of hydrogen-bond donors (Lipinski definition) is 1. The van der Waals surface area contributed by atoms with Crippen molar-refractivity contribution in [2.45, 2.75) is 6.54 Å². The van der Waals surface area contributed by atoms with Gasteiger partial charge in [-0.25, -0.2) is 4.98 Å². The molecule has 3 nitrogen and oxygen atoms in total. The highest BCUT2D eigenvalue weighted by Gasteiger charge is 2.19. The van der Waals surface area contributed by atoms with E-state index in [-0.39, 0.29) is 5.91 Å². The molecule has 0 spiro atoms. The first-order chi connectivity index (χ1) is 5.27. The maximum Gasteiger partial charge on any atom is 0.270 e. The summed E-state index contributed by atoms with van der Waals surface area (Å²) in [7, 11) is 0. The summed E-state index contributed by atoms with van der Waals surface area (Å²) in [4.78, 5) is 15.0. The fourth-order valence-electron chi connectivity index (χ4n) is 1.08. The van der Waals surface area contributed by atoms with Crippen molar-refractivity contribution in [1.82, 2.24) is 10.3 Å². The Bertz CT molecular complexity index is 324. The molecule has 1 aliphatic heterocycles. The van der Waals surface area contributed by atoms with Gasteiger partial charge in [0.15, 0.2) is 0 Å². The standard InChI is InChI=1S/C7H5BrN2O/c8-5-1-4-2-10-7(11)6(4)9-3-5/h1,3H,2H2,(H,10,11). The summed E-state index contributed by atoms with van der Waals surface area (Å²) in [5.41, 5.74) is 1.51. The molecule has 0 aromatic carbocycles. The maximum atomic E-state index is 11.0. The van der Waals surface area contributed by atoms with Crippen LogP contribution in [0.5, 0.6) is 0 Å². The monoisotopic (exact) mass is 212 g/mol. The Balaban J connectivity index is 2.59. The molecule has 2 rings (SSSR count). The summed E-state index contributed by atoms with van der Waals surface area (Å²) < 4.78 is 0.910. The minimum atomic E-state index is -0.0764. The van der Waals surface area contributed by atoms with E-state index in [1.807, 2.05) is 6.07 Å². The highest BCUT2D eigenvalue weighted by Crippen LogP contribution is 2.17. The molecule has 11 heavy (non-hydrogen) atoms. The second kappa shape index (κ2) is 2.30. The van der Waals surface area contributed by atoms with Crippen LogP contribution in [0, 0.1) is 0 Å². The van der Waals surface area contributed by atoms with E-state index in [2.05, 4.69) is 26.2 Å². The quantitative estimate of drug-likeness (QED) is 0.700. The lowest BCUT2D eigenvalue weighted by molar-refractivity contribution is 0.0961. The van der Waals surface area contributed by atoms with Gasteiger partial charge in [-0.3, -0.25) is 4.79 Å². The topological polar surface area (TPSA) is 42.0 Å². The van der Waals surface area contributed by atoms with Crippen LogP contribution in [0.1, 0.15) is 16.1 Å². The molecule has 2 heterocycles. The minimum Gasteiger partial charge on any atom is -0.347 e. The Morgan fingerprint density at radius 2 is 2.45 bits per heavy atom. The third-order valence-electron chi connectivity index (χ3n) is 1.59. The summed E-state index contributed by atoms with van der Waals surface area (Å²) in [6.45, 7) is 0.598. The highest BCUT2D eigenvalue weighted by molar-refractivity contribution is 9.10. The van der Waals surface area contributed by atoms with Gasteiger partial charge in [0, 0.05) is 22.8 Å². The molecule has 1 amide bonds. The first-order valence-corrected chi connectivity index (χ1v) is 3.99. The predicted molar refractivity (Wildman–Crippen MR) is 43.1 cm³/mol. The second-order valence-corrected chi connectivity index (χ2v) is 3.26. The number of aromatic nitrogens is 1. The van der Waals surface area contributed by atoms with Crippen molar-refractivity contribution in [2.24, 2.45) is 0 Å². The molecule has 1 aromatic heterocycles. The van der Waals surface area contributed by atoms with Crippen LogP contribution < -0.4 is 5.32 Å². The number of fused-ring (bicyclic) bond motifs is 1. The Kier molecular flexibility index (Phi) is 1.42. The lowest BCUT2D eigenvalue weighted by Crippen LogP contribution is -2.13. The van der Waals surface area contributed by atoms with Crippen LogP contribution in [0.15, 0.2) is 16.7 Å². The molecule has 0 bridgehead atoms. The molecule has 1 aliphatic rings. The molecule has 1 aromatic rings. The molecular weight excluding hydrogens is 208 g/mol. The van der Waals surface area contributed by atoms with E-state index in [9.17, 15) is 4.79 Å². The normalized spacial score (nSPS) is 14.5. The van der Waals surface area contributed by atoms with Crippen LogP contribution in [-0.2, 0) is 6.54 Å². The Labute approximate surface area is 72.0 Å². The van der Waals surface area contributed by atoms with Crippen LogP contribution in [0.25, 0.3) is 0 Å². The van der Waals surface area contributed by atoms with Gasteiger partial charge < -0.3 is 5.32 Å². The Morgan fingerprint density at radius 1 is 1.64 bits per heavy atom. The molecule has 0 unspecified atom stereocenters. The highest BCUT2D eigenvalue weighted by atomic mass is 79.9. The molecule has 1 N–H and O–H groups in total. The number of hydrogen-bond acceptors (Lipinski definition) is 2. The fraction of sp³-hybridized carbons (Fsp3) is 0.143. The smallest absolute Gasteiger partial charge is 0.270 e. The van der Waals surface area contributed by atoms with Gasteiger partial charge in [-0.05, 0) is 22.0 Å². The first kappa shape index (κ1) is 6.79. The van der Waals surface area contributed by atoms with Crippen molar-refractivity contribution in [3.63, 3.8) is 0 Å². The van der Waals surface area contributed by atoms with Crippen LogP contribution in [0.2, 0.25) is 0 Å². The zero-order valence-corrected chi connectivity index (χ0v) is 7.18. The molecule has 0 radical (unpaired) electrons. The van der Waals surface area contributed by atoms with E-state index in [1.54, 1.807) is 6.20 Å². The summed E-state index contributed by atoms with van der Waals surface area (Å²) in [5, 5.41) is 2.69. The van der Waals surface area contributed by atoms with Crippen molar-refractivity contribution < 1.29 is 4.79 Å². The van der Waals surface area contributed by atoms with Gasteiger partial charge in [0.05, 0.1) is 0 Å². The number of amides is 1. The molecule has 0 saturated carbocycles. The van der Waals surface area contributed by atoms with Gasteiger partial charge >= 0.3 is 0 Å². The number of nitrogens with zero attached hydrogens (tertiary/aromatic N) is 1. The third kappa shape index (κ3) is 1.03. The van der Waals surface area contributed by atoms with E-state index in [0.717, 1.165) is 10.0 Å². The van der Waals surface area contributed by atoms with Gasteiger partial charge in [-0.2, -0.15) is 0 Å². The van der Waals surface area contributed by atoms with Gasteiger partial charge in [0.2, 0.25) is 0 Å². The van der Waals surface area contributed by atoms with Gasteiger partial charge in [-0.1, -0.05) is 0 Å². The van der Waals surface area contributed by atoms with E-state index >= 15 is 0 Å². The fourth-order valence-corrected chi connectivity index (χ4v) is 1.46. The molecule has 56 valence electrons. The number of carbonyl (C=O) groups is 1. The van der Waals surface area contributed by atoms with Gasteiger partial charge in [-0.15, -0.1) is 0 Å². The van der Waals surface area contributed by atoms with Crippen molar-refractivity contribution in [1.29, 1.82) is 0 Å². The molecule has 0 fully saturated rings.